The second-order valence-corrected chi connectivity index (χ2v) is 6.58. The molecule has 0 bridgehead atoms. The first-order valence-corrected chi connectivity index (χ1v) is 8.02. The molecule has 1 aromatic carbocycles. The van der Waals surface area contributed by atoms with Gasteiger partial charge in [0.05, 0.1) is 25.2 Å². The summed E-state index contributed by atoms with van der Waals surface area (Å²) >= 11 is 0. The summed E-state index contributed by atoms with van der Waals surface area (Å²) in [6.07, 6.45) is 1.13. The number of benzene rings is 1. The average molecular weight is 334 g/mol. The maximum Gasteiger partial charge on any atom is 0.317 e. The monoisotopic (exact) mass is 334 g/mol. The van der Waals surface area contributed by atoms with Gasteiger partial charge in [0.1, 0.15) is 11.5 Å². The zero-order valence-electron chi connectivity index (χ0n) is 13.9. The van der Waals surface area contributed by atoms with Gasteiger partial charge in [-0.1, -0.05) is 0 Å². The van der Waals surface area contributed by atoms with Crippen molar-refractivity contribution < 1.29 is 24.2 Å². The van der Waals surface area contributed by atoms with Crippen LogP contribution < -0.4 is 14.8 Å². The van der Waals surface area contributed by atoms with Gasteiger partial charge in [0.25, 0.3) is 0 Å². The number of hydrogen-bond acceptors (Lipinski definition) is 4. The van der Waals surface area contributed by atoms with Gasteiger partial charge in [-0.2, -0.15) is 0 Å². The minimum absolute atomic E-state index is 0.173. The van der Waals surface area contributed by atoms with Crippen LogP contribution in [-0.4, -0.2) is 48.8 Å². The first-order valence-electron chi connectivity index (χ1n) is 8.02. The minimum atomic E-state index is -0.867. The van der Waals surface area contributed by atoms with E-state index in [0.717, 1.165) is 11.3 Å². The molecule has 0 aromatic heterocycles. The van der Waals surface area contributed by atoms with E-state index < -0.39 is 11.4 Å². The van der Waals surface area contributed by atoms with E-state index in [1.54, 1.807) is 18.9 Å². The van der Waals surface area contributed by atoms with Crippen molar-refractivity contribution >= 4 is 12.0 Å². The van der Waals surface area contributed by atoms with E-state index >= 15 is 0 Å². The maximum atomic E-state index is 12.5. The van der Waals surface area contributed by atoms with Gasteiger partial charge in [0.2, 0.25) is 0 Å². The number of aliphatic carboxylic acids is 1. The van der Waals surface area contributed by atoms with Crippen LogP contribution in [0.2, 0.25) is 0 Å². The average Bonchev–Trinajstić information content (AvgIpc) is 2.99. The molecule has 7 heteroatoms. The molecule has 2 aliphatic heterocycles. The summed E-state index contributed by atoms with van der Waals surface area (Å²) in [6.45, 7) is 2.87. The molecule has 1 unspecified atom stereocenters. The van der Waals surface area contributed by atoms with E-state index in [4.69, 9.17) is 9.47 Å². The summed E-state index contributed by atoms with van der Waals surface area (Å²) in [5.41, 5.74) is 0.0165. The summed E-state index contributed by atoms with van der Waals surface area (Å²) < 4.78 is 10.9. The van der Waals surface area contributed by atoms with Crippen molar-refractivity contribution in [2.24, 2.45) is 5.41 Å². The maximum absolute atomic E-state index is 12.5. The quantitative estimate of drug-likeness (QED) is 0.883. The standard InChI is InChI=1S/C17H22N2O5/c1-17(15(20)21)6-7-19(10-17)16(22)18-13-5-8-24-14-4-3-11(23-2)9-12(13)14/h3-4,9,13H,5-8,10H2,1-2H3,(H,18,22)(H,20,21)/t13-,17?/m0/s1. The van der Waals surface area contributed by atoms with Gasteiger partial charge in [-0.15, -0.1) is 0 Å². The second kappa shape index (κ2) is 6.22. The van der Waals surface area contributed by atoms with Gasteiger partial charge in [-0.25, -0.2) is 4.79 Å². The number of carboxylic acids is 1. The summed E-state index contributed by atoms with van der Waals surface area (Å²) in [6, 6.07) is 5.12. The van der Waals surface area contributed by atoms with Crippen LogP contribution in [0.25, 0.3) is 0 Å². The Morgan fingerprint density at radius 3 is 2.92 bits per heavy atom. The number of carbonyl (C=O) groups is 2. The van der Waals surface area contributed by atoms with Crippen molar-refractivity contribution in [2.75, 3.05) is 26.8 Å². The number of nitrogens with one attached hydrogen (secondary N) is 1. The van der Waals surface area contributed by atoms with E-state index in [-0.39, 0.29) is 18.6 Å². The van der Waals surface area contributed by atoms with Gasteiger partial charge < -0.3 is 24.8 Å². The number of urea groups is 1. The summed E-state index contributed by atoms with van der Waals surface area (Å²) in [5, 5.41) is 12.3. The molecule has 0 saturated carbocycles. The van der Waals surface area contributed by atoms with Crippen molar-refractivity contribution in [3.05, 3.63) is 23.8 Å². The number of carboxylic acid groups (broad SMARTS) is 1. The molecule has 2 atom stereocenters. The molecule has 2 N–H and O–H groups in total. The molecule has 24 heavy (non-hydrogen) atoms. The molecule has 130 valence electrons. The molecule has 0 spiro atoms. The van der Waals surface area contributed by atoms with Crippen LogP contribution in [0.5, 0.6) is 11.5 Å². The van der Waals surface area contributed by atoms with Crippen LogP contribution in [0.3, 0.4) is 0 Å². The Morgan fingerprint density at radius 2 is 2.25 bits per heavy atom. The van der Waals surface area contributed by atoms with Crippen LogP contribution in [0, 0.1) is 5.41 Å². The molecular weight excluding hydrogens is 312 g/mol. The lowest BCUT2D eigenvalue weighted by Gasteiger charge is -2.29. The van der Waals surface area contributed by atoms with Gasteiger partial charge in [-0.05, 0) is 31.5 Å². The Morgan fingerprint density at radius 1 is 1.46 bits per heavy atom. The smallest absolute Gasteiger partial charge is 0.317 e. The van der Waals surface area contributed by atoms with Crippen molar-refractivity contribution in [3.63, 3.8) is 0 Å². The zero-order valence-corrected chi connectivity index (χ0v) is 13.9. The number of amides is 2. The van der Waals surface area contributed by atoms with E-state index in [0.29, 0.717) is 31.7 Å². The van der Waals surface area contributed by atoms with E-state index in [2.05, 4.69) is 5.32 Å². The highest BCUT2D eigenvalue weighted by atomic mass is 16.5. The molecule has 2 amide bonds. The Balaban J connectivity index is 1.71. The molecule has 1 fully saturated rings. The molecule has 1 saturated heterocycles. The third-order valence-corrected chi connectivity index (χ3v) is 4.83. The van der Waals surface area contributed by atoms with Crippen LogP contribution in [0.1, 0.15) is 31.4 Å². The van der Waals surface area contributed by atoms with Gasteiger partial charge >= 0.3 is 12.0 Å². The van der Waals surface area contributed by atoms with E-state index in [1.165, 1.54) is 0 Å². The molecule has 3 rings (SSSR count). The normalized spacial score (nSPS) is 25.6. The summed E-state index contributed by atoms with van der Waals surface area (Å²) in [5.74, 6) is 0.584. The Labute approximate surface area is 140 Å². The van der Waals surface area contributed by atoms with E-state index in [9.17, 15) is 14.7 Å². The van der Waals surface area contributed by atoms with Crippen LogP contribution >= 0.6 is 0 Å². The lowest BCUT2D eigenvalue weighted by molar-refractivity contribution is -0.147. The van der Waals surface area contributed by atoms with Crippen molar-refractivity contribution in [1.29, 1.82) is 0 Å². The van der Waals surface area contributed by atoms with Crippen LogP contribution in [0.4, 0.5) is 4.79 Å². The summed E-state index contributed by atoms with van der Waals surface area (Å²) in [4.78, 5) is 25.4. The zero-order chi connectivity index (χ0) is 17.3. The third kappa shape index (κ3) is 2.98. The first kappa shape index (κ1) is 16.4. The largest absolute Gasteiger partial charge is 0.497 e. The Bertz CT molecular complexity index is 662. The first-order chi connectivity index (χ1) is 11.4. The number of fused-ring (bicyclic) bond motifs is 1. The van der Waals surface area contributed by atoms with Gasteiger partial charge in [0.15, 0.2) is 0 Å². The van der Waals surface area contributed by atoms with E-state index in [1.807, 2.05) is 18.2 Å². The third-order valence-electron chi connectivity index (χ3n) is 4.83. The number of hydrogen-bond donors (Lipinski definition) is 2. The van der Waals surface area contributed by atoms with Crippen molar-refractivity contribution in [1.82, 2.24) is 10.2 Å². The second-order valence-electron chi connectivity index (χ2n) is 6.58. The number of methoxy groups -OCH3 is 1. The minimum Gasteiger partial charge on any atom is -0.497 e. The van der Waals surface area contributed by atoms with Crippen LogP contribution in [-0.2, 0) is 4.79 Å². The number of carbonyl (C=O) groups excluding carboxylic acids is 1. The highest BCUT2D eigenvalue weighted by Gasteiger charge is 2.42. The number of rotatable bonds is 3. The Hall–Kier alpha value is -2.44. The van der Waals surface area contributed by atoms with Crippen molar-refractivity contribution in [2.45, 2.75) is 25.8 Å². The number of ether oxygens (including phenoxy) is 2. The molecule has 7 nitrogen and oxygen atoms in total. The highest BCUT2D eigenvalue weighted by molar-refractivity contribution is 5.79. The highest BCUT2D eigenvalue weighted by Crippen LogP contribution is 2.35. The predicted octanol–water partition coefficient (Wildman–Crippen LogP) is 2.03. The summed E-state index contributed by atoms with van der Waals surface area (Å²) in [7, 11) is 1.59. The lowest BCUT2D eigenvalue weighted by atomic mass is 9.90. The number of likely N-dealkylation sites (tertiary alicyclic amines) is 1. The van der Waals surface area contributed by atoms with Gasteiger partial charge in [-0.3, -0.25) is 4.79 Å². The van der Waals surface area contributed by atoms with Crippen LogP contribution in [0.15, 0.2) is 18.2 Å². The molecular formula is C17H22N2O5. The molecule has 0 radical (unpaired) electrons. The lowest BCUT2D eigenvalue weighted by Crippen LogP contribution is -2.43. The van der Waals surface area contributed by atoms with Gasteiger partial charge in [0, 0.05) is 25.1 Å². The predicted molar refractivity (Wildman–Crippen MR) is 86.3 cm³/mol. The topological polar surface area (TPSA) is 88.1 Å². The molecule has 0 aliphatic carbocycles. The van der Waals surface area contributed by atoms with Crippen molar-refractivity contribution in [3.8, 4) is 11.5 Å². The molecule has 2 aliphatic rings. The SMILES string of the molecule is COc1ccc2c(c1)[C@@H](NC(=O)N1CCC(C)(C(=O)O)C1)CCO2. The molecule has 2 heterocycles. The fourth-order valence-corrected chi connectivity index (χ4v) is 3.20. The molecule has 1 aromatic rings. The fraction of sp³-hybridized carbons (Fsp3) is 0.529. The Kier molecular flexibility index (Phi) is 4.26. The number of nitrogens with zero attached hydrogens (tertiary/aromatic N) is 1. The fourth-order valence-electron chi connectivity index (χ4n) is 3.20.